The number of nitrogens with two attached hydrogens (primary N) is 1. The van der Waals surface area contributed by atoms with E-state index in [9.17, 15) is 10.1 Å². The zero-order valence-electron chi connectivity index (χ0n) is 8.38. The molecule has 2 rings (SSSR count). The Hall–Kier alpha value is -2.44. The second-order valence-corrected chi connectivity index (χ2v) is 3.17. The van der Waals surface area contributed by atoms with Crippen LogP contribution >= 0.6 is 0 Å². The number of nitro groups is 1. The molecule has 0 spiro atoms. The van der Waals surface area contributed by atoms with Gasteiger partial charge in [0.1, 0.15) is 5.69 Å². The van der Waals surface area contributed by atoms with E-state index in [-0.39, 0.29) is 11.4 Å². The van der Waals surface area contributed by atoms with Crippen molar-refractivity contribution in [2.75, 3.05) is 5.73 Å². The van der Waals surface area contributed by atoms with Crippen LogP contribution in [0.1, 0.15) is 5.89 Å². The van der Waals surface area contributed by atoms with Crippen LogP contribution in [0, 0.1) is 17.0 Å². The van der Waals surface area contributed by atoms with Gasteiger partial charge in [0, 0.05) is 18.6 Å². The first kappa shape index (κ1) is 10.1. The van der Waals surface area contributed by atoms with Gasteiger partial charge in [0.25, 0.3) is 5.69 Å². The van der Waals surface area contributed by atoms with E-state index in [1.165, 1.54) is 12.1 Å². The molecule has 0 saturated carbocycles. The lowest BCUT2D eigenvalue weighted by molar-refractivity contribution is -0.383. The van der Waals surface area contributed by atoms with Gasteiger partial charge in [-0.15, -0.1) is 0 Å². The van der Waals surface area contributed by atoms with Crippen molar-refractivity contribution in [3.8, 4) is 11.4 Å². The van der Waals surface area contributed by atoms with Crippen LogP contribution in [-0.2, 0) is 0 Å². The highest BCUT2D eigenvalue weighted by atomic mass is 16.6. The number of aryl methyl sites for hydroxylation is 1. The fourth-order valence-electron chi connectivity index (χ4n) is 1.26. The van der Waals surface area contributed by atoms with Crippen molar-refractivity contribution in [3.63, 3.8) is 0 Å². The Labute approximate surface area is 90.0 Å². The summed E-state index contributed by atoms with van der Waals surface area (Å²) in [6, 6.07) is 4.37. The van der Waals surface area contributed by atoms with E-state index in [0.717, 1.165) is 0 Å². The number of nitrogens with zero attached hydrogens (tertiary/aromatic N) is 3. The number of aromatic nitrogens is 2. The molecule has 0 amide bonds. The minimum atomic E-state index is -0.550. The van der Waals surface area contributed by atoms with Gasteiger partial charge >= 0.3 is 0 Å². The van der Waals surface area contributed by atoms with E-state index in [0.29, 0.717) is 17.3 Å². The molecular weight excluding hydrogens is 212 g/mol. The number of hydrogen-bond donors (Lipinski definition) is 1. The third-order valence-electron chi connectivity index (χ3n) is 2.01. The number of rotatable bonds is 2. The van der Waals surface area contributed by atoms with Gasteiger partial charge in [0.2, 0.25) is 11.7 Å². The molecule has 0 saturated heterocycles. The lowest BCUT2D eigenvalue weighted by Crippen LogP contribution is -1.96. The van der Waals surface area contributed by atoms with Gasteiger partial charge in [0.05, 0.1) is 4.92 Å². The Kier molecular flexibility index (Phi) is 2.28. The van der Waals surface area contributed by atoms with Gasteiger partial charge in [-0.05, 0) is 12.1 Å². The summed E-state index contributed by atoms with van der Waals surface area (Å²) in [7, 11) is 0. The molecule has 1 heterocycles. The second-order valence-electron chi connectivity index (χ2n) is 3.17. The van der Waals surface area contributed by atoms with E-state index in [1.54, 1.807) is 13.0 Å². The van der Waals surface area contributed by atoms with Crippen molar-refractivity contribution in [3.05, 3.63) is 34.2 Å². The number of benzene rings is 1. The average molecular weight is 220 g/mol. The van der Waals surface area contributed by atoms with Crippen molar-refractivity contribution < 1.29 is 9.45 Å². The first-order valence-corrected chi connectivity index (χ1v) is 4.42. The molecule has 7 heteroatoms. The van der Waals surface area contributed by atoms with E-state index < -0.39 is 4.92 Å². The lowest BCUT2D eigenvalue weighted by atomic mass is 10.1. The van der Waals surface area contributed by atoms with E-state index in [2.05, 4.69) is 10.1 Å². The first-order chi connectivity index (χ1) is 7.58. The fourth-order valence-corrected chi connectivity index (χ4v) is 1.26. The number of anilines is 1. The van der Waals surface area contributed by atoms with Crippen LogP contribution in [0.5, 0.6) is 0 Å². The second kappa shape index (κ2) is 3.61. The smallest absolute Gasteiger partial charge is 0.292 e. The number of hydrogen-bond acceptors (Lipinski definition) is 6. The third-order valence-corrected chi connectivity index (χ3v) is 2.01. The summed E-state index contributed by atoms with van der Waals surface area (Å²) in [5.74, 6) is 0.704. The fraction of sp³-hybridized carbons (Fsp3) is 0.111. The van der Waals surface area contributed by atoms with Crippen LogP contribution < -0.4 is 5.73 Å². The Morgan fingerprint density at radius 1 is 1.50 bits per heavy atom. The predicted molar refractivity (Wildman–Crippen MR) is 55.5 cm³/mol. The van der Waals surface area contributed by atoms with E-state index >= 15 is 0 Å². The molecule has 7 nitrogen and oxygen atoms in total. The van der Waals surface area contributed by atoms with E-state index in [1.807, 2.05) is 0 Å². The number of nitrogen functional groups attached to an aromatic ring is 1. The molecule has 0 radical (unpaired) electrons. The zero-order chi connectivity index (χ0) is 11.7. The summed E-state index contributed by atoms with van der Waals surface area (Å²) in [6.45, 7) is 1.64. The molecule has 0 aliphatic rings. The van der Waals surface area contributed by atoms with Gasteiger partial charge in [0.15, 0.2) is 0 Å². The van der Waals surface area contributed by atoms with Crippen LogP contribution in [-0.4, -0.2) is 15.1 Å². The molecule has 0 bridgehead atoms. The summed E-state index contributed by atoms with van der Waals surface area (Å²) in [5.41, 5.74) is 5.90. The lowest BCUT2D eigenvalue weighted by Gasteiger charge is -1.98. The molecular formula is C9H8N4O3. The molecule has 0 atom stereocenters. The van der Waals surface area contributed by atoms with Crippen LogP contribution in [0.4, 0.5) is 11.4 Å². The topological polar surface area (TPSA) is 108 Å². The van der Waals surface area contributed by atoms with Crippen molar-refractivity contribution >= 4 is 11.4 Å². The normalized spacial score (nSPS) is 10.3. The van der Waals surface area contributed by atoms with Crippen LogP contribution in [0.15, 0.2) is 22.7 Å². The van der Waals surface area contributed by atoms with Crippen molar-refractivity contribution in [1.82, 2.24) is 10.1 Å². The van der Waals surface area contributed by atoms with Crippen LogP contribution in [0.3, 0.4) is 0 Å². The SMILES string of the molecule is Cc1nc(-c2ccc(N)c([N+](=O)[O-])c2)no1. The van der Waals surface area contributed by atoms with Gasteiger partial charge in [-0.3, -0.25) is 10.1 Å². The molecule has 2 N–H and O–H groups in total. The minimum absolute atomic E-state index is 0.106. The molecule has 1 aromatic heterocycles. The highest BCUT2D eigenvalue weighted by Gasteiger charge is 2.15. The maximum absolute atomic E-state index is 10.7. The Morgan fingerprint density at radius 2 is 2.25 bits per heavy atom. The Morgan fingerprint density at radius 3 is 2.81 bits per heavy atom. The summed E-state index contributed by atoms with van der Waals surface area (Å²) in [4.78, 5) is 14.1. The summed E-state index contributed by atoms with van der Waals surface area (Å²) >= 11 is 0. The number of nitro benzene ring substituents is 1. The van der Waals surface area contributed by atoms with E-state index in [4.69, 9.17) is 10.3 Å². The monoisotopic (exact) mass is 220 g/mol. The van der Waals surface area contributed by atoms with Gasteiger partial charge in [-0.2, -0.15) is 4.98 Å². The molecule has 0 aliphatic carbocycles. The van der Waals surface area contributed by atoms with Gasteiger partial charge in [-0.1, -0.05) is 5.16 Å². The molecule has 0 unspecified atom stereocenters. The summed E-state index contributed by atoms with van der Waals surface area (Å²) in [6.07, 6.45) is 0. The van der Waals surface area contributed by atoms with Crippen molar-refractivity contribution in [1.29, 1.82) is 0 Å². The van der Waals surface area contributed by atoms with Crippen molar-refractivity contribution in [2.24, 2.45) is 0 Å². The molecule has 0 aliphatic heterocycles. The van der Waals surface area contributed by atoms with Crippen LogP contribution in [0.2, 0.25) is 0 Å². The first-order valence-electron chi connectivity index (χ1n) is 4.42. The Balaban J connectivity index is 2.51. The maximum atomic E-state index is 10.7. The summed E-state index contributed by atoms with van der Waals surface area (Å²) < 4.78 is 4.79. The molecule has 16 heavy (non-hydrogen) atoms. The van der Waals surface area contributed by atoms with Crippen LogP contribution in [0.25, 0.3) is 11.4 Å². The molecule has 82 valence electrons. The predicted octanol–water partition coefficient (Wildman–Crippen LogP) is 1.54. The Bertz CT molecular complexity index is 549. The molecule has 0 fully saturated rings. The average Bonchev–Trinajstić information content (AvgIpc) is 2.65. The highest BCUT2D eigenvalue weighted by molar-refractivity contribution is 5.68. The third kappa shape index (κ3) is 1.70. The van der Waals surface area contributed by atoms with Gasteiger partial charge in [-0.25, -0.2) is 0 Å². The zero-order valence-corrected chi connectivity index (χ0v) is 8.38. The minimum Gasteiger partial charge on any atom is -0.393 e. The van der Waals surface area contributed by atoms with Gasteiger partial charge < -0.3 is 10.3 Å². The quantitative estimate of drug-likeness (QED) is 0.467. The largest absolute Gasteiger partial charge is 0.393 e. The standard InChI is InChI=1S/C9H8N4O3/c1-5-11-9(12-16-5)6-2-3-7(10)8(4-6)13(14)15/h2-4H,10H2,1H3. The van der Waals surface area contributed by atoms with Crippen molar-refractivity contribution in [2.45, 2.75) is 6.92 Å². The molecule has 2 aromatic rings. The summed E-state index contributed by atoms with van der Waals surface area (Å²) in [5, 5.41) is 14.3. The maximum Gasteiger partial charge on any atom is 0.292 e. The molecule has 1 aromatic carbocycles. The highest BCUT2D eigenvalue weighted by Crippen LogP contribution is 2.26.